The molecule has 108 valence electrons. The molecule has 1 heterocycles. The van der Waals surface area contributed by atoms with E-state index >= 15 is 0 Å². The van der Waals surface area contributed by atoms with E-state index in [0.717, 1.165) is 33.7 Å². The summed E-state index contributed by atoms with van der Waals surface area (Å²) in [6.45, 7) is 4.89. The van der Waals surface area contributed by atoms with E-state index in [-0.39, 0.29) is 0 Å². The lowest BCUT2D eigenvalue weighted by Crippen LogP contribution is -2.06. The molecule has 0 aliphatic heterocycles. The van der Waals surface area contributed by atoms with Crippen molar-refractivity contribution in [3.05, 3.63) is 33.4 Å². The van der Waals surface area contributed by atoms with Gasteiger partial charge in [0.1, 0.15) is 5.75 Å². The summed E-state index contributed by atoms with van der Waals surface area (Å²) in [6.07, 6.45) is 0. The highest BCUT2D eigenvalue weighted by Crippen LogP contribution is 2.35. The molecule has 4 nitrogen and oxygen atoms in total. The van der Waals surface area contributed by atoms with Gasteiger partial charge >= 0.3 is 0 Å². The van der Waals surface area contributed by atoms with Crippen LogP contribution in [0.1, 0.15) is 16.8 Å². The molecule has 1 N–H and O–H groups in total. The van der Waals surface area contributed by atoms with E-state index in [9.17, 15) is 0 Å². The van der Waals surface area contributed by atoms with Crippen molar-refractivity contribution in [2.24, 2.45) is 7.05 Å². The number of rotatable bonds is 4. The summed E-state index contributed by atoms with van der Waals surface area (Å²) in [4.78, 5) is 0. The number of ether oxygens (including phenoxy) is 1. The Bertz CT molecular complexity index is 635. The Kier molecular flexibility index (Phi) is 4.50. The predicted octanol–water partition coefficient (Wildman–Crippen LogP) is 3.19. The molecule has 0 radical (unpaired) electrons. The summed E-state index contributed by atoms with van der Waals surface area (Å²) in [5.74, 6) is 0.917. The van der Waals surface area contributed by atoms with E-state index in [0.29, 0.717) is 0 Å². The maximum absolute atomic E-state index is 5.38. The van der Waals surface area contributed by atoms with Crippen LogP contribution in [0.3, 0.4) is 0 Å². The van der Waals surface area contributed by atoms with Crippen molar-refractivity contribution >= 4 is 15.9 Å². The average Bonchev–Trinajstić information content (AvgIpc) is 2.68. The van der Waals surface area contributed by atoms with Gasteiger partial charge in [-0.3, -0.25) is 4.68 Å². The van der Waals surface area contributed by atoms with Crippen molar-refractivity contribution in [3.8, 4) is 17.0 Å². The van der Waals surface area contributed by atoms with Crippen molar-refractivity contribution in [1.82, 2.24) is 15.1 Å². The second kappa shape index (κ2) is 5.97. The fourth-order valence-electron chi connectivity index (χ4n) is 2.39. The summed E-state index contributed by atoms with van der Waals surface area (Å²) in [6, 6.07) is 4.22. The molecule has 0 fully saturated rings. The van der Waals surface area contributed by atoms with Gasteiger partial charge in [-0.1, -0.05) is 0 Å². The minimum atomic E-state index is 0.739. The van der Waals surface area contributed by atoms with E-state index in [1.807, 2.05) is 18.8 Å². The Morgan fingerprint density at radius 1 is 1.30 bits per heavy atom. The number of nitrogens with one attached hydrogen (secondary N) is 1. The molecule has 0 unspecified atom stereocenters. The smallest absolute Gasteiger partial charge is 0.122 e. The van der Waals surface area contributed by atoms with Crippen molar-refractivity contribution < 1.29 is 4.74 Å². The van der Waals surface area contributed by atoms with Crippen LogP contribution in [-0.2, 0) is 13.6 Å². The van der Waals surface area contributed by atoms with E-state index < -0.39 is 0 Å². The van der Waals surface area contributed by atoms with Crippen molar-refractivity contribution in [2.45, 2.75) is 20.4 Å². The predicted molar refractivity (Wildman–Crippen MR) is 85.1 cm³/mol. The van der Waals surface area contributed by atoms with Gasteiger partial charge in [0.2, 0.25) is 0 Å². The van der Waals surface area contributed by atoms with Crippen LogP contribution in [0.2, 0.25) is 0 Å². The van der Waals surface area contributed by atoms with Crippen LogP contribution in [0.15, 0.2) is 16.6 Å². The monoisotopic (exact) mass is 337 g/mol. The quantitative estimate of drug-likeness (QED) is 0.931. The molecule has 1 aromatic heterocycles. The topological polar surface area (TPSA) is 39.1 Å². The maximum atomic E-state index is 5.38. The highest BCUT2D eigenvalue weighted by atomic mass is 79.9. The molecule has 0 spiro atoms. The summed E-state index contributed by atoms with van der Waals surface area (Å²) in [5, 5.41) is 7.70. The second-order valence-electron chi connectivity index (χ2n) is 4.90. The van der Waals surface area contributed by atoms with E-state index in [1.54, 1.807) is 7.11 Å². The maximum Gasteiger partial charge on any atom is 0.122 e. The SMILES string of the molecule is CNCc1nn(C)c(-c2cc(C)c(OC)cc2C)c1Br. The fourth-order valence-corrected chi connectivity index (χ4v) is 3.08. The van der Waals surface area contributed by atoms with Crippen LogP contribution < -0.4 is 10.1 Å². The first-order chi connectivity index (χ1) is 9.49. The number of aryl methyl sites for hydroxylation is 3. The largest absolute Gasteiger partial charge is 0.496 e. The Morgan fingerprint density at radius 2 is 2.00 bits per heavy atom. The van der Waals surface area contributed by atoms with E-state index in [4.69, 9.17) is 4.74 Å². The van der Waals surface area contributed by atoms with Crippen molar-refractivity contribution in [3.63, 3.8) is 0 Å². The zero-order valence-corrected chi connectivity index (χ0v) is 14.1. The molecule has 0 bridgehead atoms. The summed E-state index contributed by atoms with van der Waals surface area (Å²) in [5.41, 5.74) is 5.58. The van der Waals surface area contributed by atoms with E-state index in [2.05, 4.69) is 52.3 Å². The zero-order valence-electron chi connectivity index (χ0n) is 12.5. The van der Waals surface area contributed by atoms with Crippen LogP contribution >= 0.6 is 15.9 Å². The van der Waals surface area contributed by atoms with Gasteiger partial charge in [-0.05, 0) is 60.1 Å². The number of hydrogen-bond acceptors (Lipinski definition) is 3. The van der Waals surface area contributed by atoms with Gasteiger partial charge in [0.05, 0.1) is 23.0 Å². The Hall–Kier alpha value is -1.33. The molecule has 2 aromatic rings. The lowest BCUT2D eigenvalue weighted by molar-refractivity contribution is 0.411. The van der Waals surface area contributed by atoms with Gasteiger partial charge < -0.3 is 10.1 Å². The third-order valence-corrected chi connectivity index (χ3v) is 4.23. The molecule has 0 amide bonds. The average molecular weight is 338 g/mol. The van der Waals surface area contributed by atoms with Gasteiger partial charge in [-0.2, -0.15) is 5.10 Å². The van der Waals surface area contributed by atoms with Crippen LogP contribution in [0.5, 0.6) is 5.75 Å². The third-order valence-electron chi connectivity index (χ3n) is 3.40. The molecule has 5 heteroatoms. The molecule has 0 aliphatic carbocycles. The molecular formula is C15H20BrN3O. The number of aromatic nitrogens is 2. The van der Waals surface area contributed by atoms with Gasteiger partial charge in [0.25, 0.3) is 0 Å². The first-order valence-electron chi connectivity index (χ1n) is 6.51. The first kappa shape index (κ1) is 15.1. The normalized spacial score (nSPS) is 10.9. The number of halogens is 1. The number of benzene rings is 1. The number of nitrogens with zero attached hydrogens (tertiary/aromatic N) is 2. The van der Waals surface area contributed by atoms with E-state index in [1.165, 1.54) is 11.1 Å². The zero-order chi connectivity index (χ0) is 14.9. The van der Waals surface area contributed by atoms with Gasteiger partial charge in [0, 0.05) is 19.2 Å². The van der Waals surface area contributed by atoms with Crippen LogP contribution in [0, 0.1) is 13.8 Å². The van der Waals surface area contributed by atoms with Crippen molar-refractivity contribution in [2.75, 3.05) is 14.2 Å². The van der Waals surface area contributed by atoms with Crippen LogP contribution in [0.4, 0.5) is 0 Å². The lowest BCUT2D eigenvalue weighted by atomic mass is 10.0. The third kappa shape index (κ3) is 2.60. The highest BCUT2D eigenvalue weighted by molar-refractivity contribution is 9.10. The lowest BCUT2D eigenvalue weighted by Gasteiger charge is -2.12. The molecular weight excluding hydrogens is 318 g/mol. The summed E-state index contributed by atoms with van der Waals surface area (Å²) < 4.78 is 8.34. The Labute approximate surface area is 128 Å². The highest BCUT2D eigenvalue weighted by Gasteiger charge is 2.17. The summed E-state index contributed by atoms with van der Waals surface area (Å²) >= 11 is 3.68. The molecule has 0 saturated heterocycles. The first-order valence-corrected chi connectivity index (χ1v) is 7.30. The number of methoxy groups -OCH3 is 1. The molecule has 0 saturated carbocycles. The Morgan fingerprint density at radius 3 is 2.60 bits per heavy atom. The fraction of sp³-hybridized carbons (Fsp3) is 0.400. The molecule has 20 heavy (non-hydrogen) atoms. The Balaban J connectivity index is 2.60. The number of hydrogen-bond donors (Lipinski definition) is 1. The van der Waals surface area contributed by atoms with Crippen LogP contribution in [0.25, 0.3) is 11.3 Å². The van der Waals surface area contributed by atoms with Gasteiger partial charge in [0.15, 0.2) is 0 Å². The van der Waals surface area contributed by atoms with Gasteiger partial charge in [-0.25, -0.2) is 0 Å². The van der Waals surface area contributed by atoms with Crippen LogP contribution in [-0.4, -0.2) is 23.9 Å². The molecule has 1 aromatic carbocycles. The molecule has 2 rings (SSSR count). The van der Waals surface area contributed by atoms with Crippen molar-refractivity contribution in [1.29, 1.82) is 0 Å². The molecule has 0 aliphatic rings. The summed E-state index contributed by atoms with van der Waals surface area (Å²) in [7, 11) is 5.59. The molecule has 0 atom stereocenters. The minimum Gasteiger partial charge on any atom is -0.496 e. The second-order valence-corrected chi connectivity index (χ2v) is 5.69. The standard InChI is InChI=1S/C15H20BrN3O/c1-9-7-13(20-5)10(2)6-11(9)15-14(16)12(8-17-3)18-19(15)4/h6-7,17H,8H2,1-5H3. The minimum absolute atomic E-state index is 0.739. The van der Waals surface area contributed by atoms with Gasteiger partial charge in [-0.15, -0.1) is 0 Å².